The lowest BCUT2D eigenvalue weighted by atomic mass is 9.89. The number of benzene rings is 3. The highest BCUT2D eigenvalue weighted by atomic mass is 16.7. The third-order valence-corrected chi connectivity index (χ3v) is 4.08. The van der Waals surface area contributed by atoms with Crippen molar-refractivity contribution in [3.05, 3.63) is 102 Å². The molecule has 0 heterocycles. The summed E-state index contributed by atoms with van der Waals surface area (Å²) in [4.78, 5) is 12.2. The molecule has 0 unspecified atom stereocenters. The second-order valence-electron chi connectivity index (χ2n) is 5.86. The molecular weight excluding hydrogens is 340 g/mol. The lowest BCUT2D eigenvalue weighted by Gasteiger charge is -2.14. The molecule has 3 rings (SSSR count). The van der Waals surface area contributed by atoms with Crippen molar-refractivity contribution in [2.75, 3.05) is 13.9 Å². The van der Waals surface area contributed by atoms with E-state index in [9.17, 15) is 9.90 Å². The van der Waals surface area contributed by atoms with Crippen molar-refractivity contribution in [1.29, 1.82) is 0 Å². The van der Waals surface area contributed by atoms with Crippen LogP contribution in [0.3, 0.4) is 0 Å². The Labute approximate surface area is 158 Å². The highest BCUT2D eigenvalue weighted by molar-refractivity contribution is 6.26. The first kappa shape index (κ1) is 18.4. The van der Waals surface area contributed by atoms with Crippen LogP contribution in [-0.2, 0) is 9.53 Å². The zero-order valence-corrected chi connectivity index (χ0v) is 15.0. The predicted molar refractivity (Wildman–Crippen MR) is 105 cm³/mol. The van der Waals surface area contributed by atoms with Crippen LogP contribution in [0.2, 0.25) is 0 Å². The Hall–Kier alpha value is -3.37. The molecule has 27 heavy (non-hydrogen) atoms. The highest BCUT2D eigenvalue weighted by Crippen LogP contribution is 2.33. The number of rotatable bonds is 7. The number of methoxy groups -OCH3 is 1. The van der Waals surface area contributed by atoms with Gasteiger partial charge in [0.25, 0.3) is 0 Å². The van der Waals surface area contributed by atoms with Crippen LogP contribution < -0.4 is 4.74 Å². The average Bonchev–Trinajstić information content (AvgIpc) is 2.72. The Kier molecular flexibility index (Phi) is 6.02. The largest absolute Gasteiger partial charge is 0.478 e. The third kappa shape index (κ3) is 4.43. The van der Waals surface area contributed by atoms with Crippen molar-refractivity contribution >= 4 is 17.1 Å². The number of carbonyl (C=O) groups is 1. The molecule has 0 saturated carbocycles. The maximum absolute atomic E-state index is 12.2. The topological polar surface area (TPSA) is 55.8 Å². The molecule has 4 nitrogen and oxygen atoms in total. The number of carboxylic acid groups (broad SMARTS) is 1. The van der Waals surface area contributed by atoms with Crippen molar-refractivity contribution in [3.8, 4) is 5.75 Å². The van der Waals surface area contributed by atoms with E-state index >= 15 is 0 Å². The maximum Gasteiger partial charge on any atom is 0.336 e. The first-order valence-corrected chi connectivity index (χ1v) is 8.51. The fraction of sp³-hybridized carbons (Fsp3) is 0.0870. The van der Waals surface area contributed by atoms with Crippen molar-refractivity contribution in [1.82, 2.24) is 0 Å². The second-order valence-corrected chi connectivity index (χ2v) is 5.86. The Morgan fingerprint density at radius 3 is 1.74 bits per heavy atom. The van der Waals surface area contributed by atoms with E-state index < -0.39 is 5.97 Å². The molecule has 0 spiro atoms. The smallest absolute Gasteiger partial charge is 0.336 e. The van der Waals surface area contributed by atoms with Crippen LogP contribution in [0.25, 0.3) is 11.1 Å². The molecule has 3 aromatic carbocycles. The Balaban J connectivity index is 2.17. The quantitative estimate of drug-likeness (QED) is 0.376. The van der Waals surface area contributed by atoms with Crippen LogP contribution in [-0.4, -0.2) is 25.0 Å². The van der Waals surface area contributed by atoms with Crippen molar-refractivity contribution in [2.24, 2.45) is 0 Å². The van der Waals surface area contributed by atoms with Crippen LogP contribution in [0.5, 0.6) is 5.75 Å². The standard InChI is InChI=1S/C23H20O4/c1-26-16-27-20-14-12-19(13-15-20)22(23(24)25)21(17-8-4-2-5-9-17)18-10-6-3-7-11-18/h2-15H,16H2,1H3,(H,24,25). The van der Waals surface area contributed by atoms with Crippen molar-refractivity contribution in [3.63, 3.8) is 0 Å². The van der Waals surface area contributed by atoms with Crippen molar-refractivity contribution < 1.29 is 19.4 Å². The first-order valence-electron chi connectivity index (χ1n) is 8.51. The molecule has 136 valence electrons. The molecule has 0 radical (unpaired) electrons. The van der Waals surface area contributed by atoms with Crippen molar-refractivity contribution in [2.45, 2.75) is 0 Å². The van der Waals surface area contributed by atoms with Crippen LogP contribution in [0.4, 0.5) is 0 Å². The molecule has 4 heteroatoms. The molecule has 0 aliphatic carbocycles. The zero-order chi connectivity index (χ0) is 19.1. The second kappa shape index (κ2) is 8.83. The molecule has 0 aromatic heterocycles. The van der Waals surface area contributed by atoms with Gasteiger partial charge in [-0.3, -0.25) is 0 Å². The van der Waals surface area contributed by atoms with E-state index in [0.717, 1.165) is 11.1 Å². The van der Waals surface area contributed by atoms with Crippen LogP contribution in [0.15, 0.2) is 84.9 Å². The Bertz CT molecular complexity index is 872. The van der Waals surface area contributed by atoms with Crippen LogP contribution in [0, 0.1) is 0 Å². The minimum atomic E-state index is -0.983. The predicted octanol–water partition coefficient (Wildman–Crippen LogP) is 4.71. The Morgan fingerprint density at radius 1 is 0.778 bits per heavy atom. The van der Waals surface area contributed by atoms with Gasteiger partial charge in [0, 0.05) is 12.7 Å². The first-order chi connectivity index (χ1) is 13.2. The summed E-state index contributed by atoms with van der Waals surface area (Å²) in [6.07, 6.45) is 0. The summed E-state index contributed by atoms with van der Waals surface area (Å²) in [5.74, 6) is -0.366. The summed E-state index contributed by atoms with van der Waals surface area (Å²) in [7, 11) is 1.55. The van der Waals surface area contributed by atoms with E-state index in [-0.39, 0.29) is 12.4 Å². The minimum Gasteiger partial charge on any atom is -0.478 e. The van der Waals surface area contributed by atoms with Gasteiger partial charge in [-0.15, -0.1) is 0 Å². The number of carboxylic acids is 1. The van der Waals surface area contributed by atoms with Crippen LogP contribution >= 0.6 is 0 Å². The minimum absolute atomic E-state index is 0.139. The summed E-state index contributed by atoms with van der Waals surface area (Å²) < 4.78 is 10.3. The van der Waals surface area contributed by atoms with Gasteiger partial charge >= 0.3 is 5.97 Å². The monoisotopic (exact) mass is 360 g/mol. The lowest BCUT2D eigenvalue weighted by molar-refractivity contribution is -0.130. The van der Waals surface area contributed by atoms with Gasteiger partial charge in [0.1, 0.15) is 5.75 Å². The van der Waals surface area contributed by atoms with Gasteiger partial charge in [0.05, 0.1) is 5.57 Å². The van der Waals surface area contributed by atoms with E-state index in [1.807, 2.05) is 60.7 Å². The van der Waals surface area contributed by atoms with E-state index in [0.29, 0.717) is 16.9 Å². The molecule has 0 atom stereocenters. The Morgan fingerprint density at radius 2 is 1.30 bits per heavy atom. The third-order valence-electron chi connectivity index (χ3n) is 4.08. The molecule has 0 saturated heterocycles. The van der Waals surface area contributed by atoms with Gasteiger partial charge < -0.3 is 14.6 Å². The molecular formula is C23H20O4. The molecule has 0 amide bonds. The van der Waals surface area contributed by atoms with Gasteiger partial charge in [-0.25, -0.2) is 4.79 Å². The molecule has 0 aliphatic heterocycles. The lowest BCUT2D eigenvalue weighted by Crippen LogP contribution is -2.05. The maximum atomic E-state index is 12.2. The fourth-order valence-electron chi connectivity index (χ4n) is 2.88. The van der Waals surface area contributed by atoms with Gasteiger partial charge in [-0.1, -0.05) is 72.8 Å². The van der Waals surface area contributed by atoms with E-state index in [2.05, 4.69) is 0 Å². The number of hydrogen-bond donors (Lipinski definition) is 1. The number of ether oxygens (including phenoxy) is 2. The van der Waals surface area contributed by atoms with E-state index in [1.165, 1.54) is 0 Å². The molecule has 0 bridgehead atoms. The number of hydrogen-bond acceptors (Lipinski definition) is 3. The van der Waals surface area contributed by atoms with Gasteiger partial charge in [-0.05, 0) is 28.8 Å². The van der Waals surface area contributed by atoms with E-state index in [1.54, 1.807) is 31.4 Å². The number of aliphatic carboxylic acids is 1. The molecule has 0 fully saturated rings. The normalized spacial score (nSPS) is 10.3. The summed E-state index contributed by atoms with van der Waals surface area (Å²) in [5, 5.41) is 10.0. The molecule has 3 aromatic rings. The van der Waals surface area contributed by atoms with Gasteiger partial charge in [0.15, 0.2) is 6.79 Å². The van der Waals surface area contributed by atoms with Gasteiger partial charge in [-0.2, -0.15) is 0 Å². The van der Waals surface area contributed by atoms with E-state index in [4.69, 9.17) is 9.47 Å². The average molecular weight is 360 g/mol. The summed E-state index contributed by atoms with van der Waals surface area (Å²) >= 11 is 0. The summed E-state index contributed by atoms with van der Waals surface area (Å²) in [6, 6.07) is 26.1. The highest BCUT2D eigenvalue weighted by Gasteiger charge is 2.19. The summed E-state index contributed by atoms with van der Waals surface area (Å²) in [5.41, 5.74) is 3.22. The summed E-state index contributed by atoms with van der Waals surface area (Å²) in [6.45, 7) is 0.139. The van der Waals surface area contributed by atoms with Crippen LogP contribution in [0.1, 0.15) is 16.7 Å². The molecule has 1 N–H and O–H groups in total. The fourth-order valence-corrected chi connectivity index (χ4v) is 2.88. The van der Waals surface area contributed by atoms with Gasteiger partial charge in [0.2, 0.25) is 0 Å². The molecule has 0 aliphatic rings. The zero-order valence-electron chi connectivity index (χ0n) is 15.0. The SMILES string of the molecule is COCOc1ccc(C(C(=O)O)=C(c2ccccc2)c2ccccc2)cc1.